The van der Waals surface area contributed by atoms with Gasteiger partial charge in [0.2, 0.25) is 0 Å². The summed E-state index contributed by atoms with van der Waals surface area (Å²) in [6.07, 6.45) is -0.179. The third kappa shape index (κ3) is 5.07. The number of hydrogen-bond donors (Lipinski definition) is 2. The smallest absolute Gasteiger partial charge is 0.305 e. The zero-order chi connectivity index (χ0) is 20.2. The van der Waals surface area contributed by atoms with Gasteiger partial charge in [0.1, 0.15) is 0 Å². The van der Waals surface area contributed by atoms with E-state index in [2.05, 4.69) is 5.32 Å². The lowest BCUT2D eigenvalue weighted by molar-refractivity contribution is -0.137. The summed E-state index contributed by atoms with van der Waals surface area (Å²) in [5.41, 5.74) is 1.69. The molecule has 0 spiro atoms. The molecule has 0 aliphatic rings. The van der Waals surface area contributed by atoms with Gasteiger partial charge in [0.25, 0.3) is 15.9 Å². The summed E-state index contributed by atoms with van der Waals surface area (Å²) in [5, 5.41) is 11.3. The molecule has 0 heterocycles. The molecule has 0 radical (unpaired) electrons. The van der Waals surface area contributed by atoms with Gasteiger partial charge < -0.3 is 10.4 Å². The van der Waals surface area contributed by atoms with Crippen LogP contribution in [0, 0.1) is 6.92 Å². The first-order valence-corrected chi connectivity index (χ1v) is 9.73. The van der Waals surface area contributed by atoms with Gasteiger partial charge in [0.05, 0.1) is 17.0 Å². The van der Waals surface area contributed by atoms with Crippen LogP contribution in [0.1, 0.15) is 29.3 Å². The van der Waals surface area contributed by atoms with Gasteiger partial charge in [-0.2, -0.15) is 0 Å². The van der Waals surface area contributed by atoms with Crippen LogP contribution in [-0.2, 0) is 14.8 Å². The minimum atomic E-state index is -3.71. The second-order valence-corrected chi connectivity index (χ2v) is 8.27. The third-order valence-electron chi connectivity index (χ3n) is 4.03. The Bertz CT molecular complexity index is 922. The highest BCUT2D eigenvalue weighted by Crippen LogP contribution is 2.22. The topological polar surface area (TPSA) is 104 Å². The molecule has 0 saturated carbocycles. The number of hydrogen-bond acceptors (Lipinski definition) is 4. The van der Waals surface area contributed by atoms with E-state index in [1.54, 1.807) is 31.2 Å². The minimum absolute atomic E-state index is 0.179. The number of sulfonamides is 1. The number of aliphatic carboxylic acids is 1. The fraction of sp³-hybridized carbons (Fsp3) is 0.263. The molecule has 0 aliphatic heterocycles. The number of carbonyl (C=O) groups excluding carboxylic acids is 1. The van der Waals surface area contributed by atoms with Crippen LogP contribution in [-0.4, -0.2) is 38.5 Å². The van der Waals surface area contributed by atoms with Crippen molar-refractivity contribution in [2.75, 3.05) is 11.4 Å². The van der Waals surface area contributed by atoms with E-state index in [1.165, 1.54) is 31.3 Å². The van der Waals surface area contributed by atoms with Crippen LogP contribution in [0.15, 0.2) is 53.4 Å². The van der Waals surface area contributed by atoms with Crippen LogP contribution in [0.3, 0.4) is 0 Å². The van der Waals surface area contributed by atoms with Gasteiger partial charge >= 0.3 is 5.97 Å². The molecule has 2 aromatic carbocycles. The zero-order valence-electron chi connectivity index (χ0n) is 15.3. The van der Waals surface area contributed by atoms with E-state index >= 15 is 0 Å². The first-order chi connectivity index (χ1) is 12.6. The zero-order valence-corrected chi connectivity index (χ0v) is 16.2. The van der Waals surface area contributed by atoms with Crippen LogP contribution < -0.4 is 9.62 Å². The van der Waals surface area contributed by atoms with E-state index < -0.39 is 27.9 Å². The number of carbonyl (C=O) groups is 2. The van der Waals surface area contributed by atoms with Gasteiger partial charge in [-0.15, -0.1) is 0 Å². The predicted octanol–water partition coefficient (Wildman–Crippen LogP) is 2.41. The number of benzene rings is 2. The largest absolute Gasteiger partial charge is 0.481 e. The summed E-state index contributed by atoms with van der Waals surface area (Å²) in [4.78, 5) is 23.0. The van der Waals surface area contributed by atoms with Crippen molar-refractivity contribution in [2.45, 2.75) is 31.2 Å². The summed E-state index contributed by atoms with van der Waals surface area (Å²) in [5.74, 6) is -1.42. The highest BCUT2D eigenvalue weighted by molar-refractivity contribution is 7.92. The Morgan fingerprint density at radius 3 is 2.15 bits per heavy atom. The first-order valence-electron chi connectivity index (χ1n) is 8.29. The summed E-state index contributed by atoms with van der Waals surface area (Å²) in [6, 6.07) is 12.1. The average molecular weight is 390 g/mol. The molecule has 0 aliphatic carbocycles. The monoisotopic (exact) mass is 390 g/mol. The number of aryl methyl sites for hydroxylation is 1. The number of amides is 1. The molecule has 1 unspecified atom stereocenters. The predicted molar refractivity (Wildman–Crippen MR) is 102 cm³/mol. The Kier molecular flexibility index (Phi) is 6.22. The summed E-state index contributed by atoms with van der Waals surface area (Å²) < 4.78 is 26.5. The molecule has 27 heavy (non-hydrogen) atoms. The van der Waals surface area contributed by atoms with E-state index in [9.17, 15) is 18.0 Å². The van der Waals surface area contributed by atoms with Crippen LogP contribution in [0.4, 0.5) is 5.69 Å². The lowest BCUT2D eigenvalue weighted by Crippen LogP contribution is -2.34. The summed E-state index contributed by atoms with van der Waals surface area (Å²) in [6.45, 7) is 3.48. The molecule has 7 nitrogen and oxygen atoms in total. The highest BCUT2D eigenvalue weighted by Gasteiger charge is 2.21. The van der Waals surface area contributed by atoms with Crippen LogP contribution in [0.2, 0.25) is 0 Å². The molecular formula is C19H22N2O5S. The number of carboxylic acid groups (broad SMARTS) is 1. The van der Waals surface area contributed by atoms with Crippen molar-refractivity contribution in [3.05, 3.63) is 59.7 Å². The molecule has 2 rings (SSSR count). The normalized spacial score (nSPS) is 12.3. The van der Waals surface area contributed by atoms with Crippen molar-refractivity contribution in [1.82, 2.24) is 5.32 Å². The van der Waals surface area contributed by atoms with Crippen molar-refractivity contribution >= 4 is 27.6 Å². The van der Waals surface area contributed by atoms with Crippen molar-refractivity contribution in [3.63, 3.8) is 0 Å². The van der Waals surface area contributed by atoms with Gasteiger partial charge in [-0.25, -0.2) is 8.42 Å². The molecule has 0 saturated heterocycles. The lowest BCUT2D eigenvalue weighted by Gasteiger charge is -2.20. The highest BCUT2D eigenvalue weighted by atomic mass is 32.2. The average Bonchev–Trinajstić information content (AvgIpc) is 2.60. The lowest BCUT2D eigenvalue weighted by atomic mass is 10.1. The quantitative estimate of drug-likeness (QED) is 0.756. The van der Waals surface area contributed by atoms with Crippen molar-refractivity contribution in [3.8, 4) is 0 Å². The Hall–Kier alpha value is -2.87. The Morgan fingerprint density at radius 2 is 1.63 bits per heavy atom. The first kappa shape index (κ1) is 20.4. The van der Waals surface area contributed by atoms with Gasteiger partial charge in [0, 0.05) is 18.7 Å². The minimum Gasteiger partial charge on any atom is -0.481 e. The Morgan fingerprint density at radius 1 is 1.07 bits per heavy atom. The maximum atomic E-state index is 12.7. The summed E-state index contributed by atoms with van der Waals surface area (Å²) in [7, 11) is -2.26. The molecule has 0 bridgehead atoms. The van der Waals surface area contributed by atoms with Crippen molar-refractivity contribution < 1.29 is 23.1 Å². The molecule has 2 aromatic rings. The van der Waals surface area contributed by atoms with Gasteiger partial charge in [-0.05, 0) is 50.2 Å². The molecule has 8 heteroatoms. The fourth-order valence-electron chi connectivity index (χ4n) is 2.45. The second kappa shape index (κ2) is 8.22. The molecule has 2 N–H and O–H groups in total. The number of nitrogens with zero attached hydrogens (tertiary/aromatic N) is 1. The number of nitrogens with one attached hydrogen (secondary N) is 1. The SMILES string of the molecule is Cc1ccc(S(=O)(=O)N(C)c2ccc(C(=O)NC(C)CC(=O)O)cc2)cc1. The molecule has 0 aromatic heterocycles. The van der Waals surface area contributed by atoms with E-state index in [1.807, 2.05) is 6.92 Å². The van der Waals surface area contributed by atoms with Crippen LogP contribution in [0.5, 0.6) is 0 Å². The maximum Gasteiger partial charge on any atom is 0.305 e. The number of anilines is 1. The molecule has 1 atom stereocenters. The maximum absolute atomic E-state index is 12.7. The molecule has 0 fully saturated rings. The van der Waals surface area contributed by atoms with Crippen molar-refractivity contribution in [2.24, 2.45) is 0 Å². The van der Waals surface area contributed by atoms with Crippen molar-refractivity contribution in [1.29, 1.82) is 0 Å². The number of rotatable bonds is 7. The Labute approximate surface area is 158 Å². The second-order valence-electron chi connectivity index (χ2n) is 6.30. The fourth-order valence-corrected chi connectivity index (χ4v) is 3.65. The molecule has 1 amide bonds. The van der Waals surface area contributed by atoms with E-state index in [4.69, 9.17) is 5.11 Å². The van der Waals surface area contributed by atoms with E-state index in [-0.39, 0.29) is 11.3 Å². The Balaban J connectivity index is 2.15. The van der Waals surface area contributed by atoms with Crippen LogP contribution >= 0.6 is 0 Å². The molecular weight excluding hydrogens is 368 g/mol. The standard InChI is InChI=1S/C19H22N2O5S/c1-13-4-10-17(11-5-13)27(25,26)21(3)16-8-6-15(7-9-16)19(24)20-14(2)12-18(22)23/h4-11,14H,12H2,1-3H3,(H,20,24)(H,22,23). The van der Waals surface area contributed by atoms with E-state index in [0.717, 1.165) is 9.87 Å². The van der Waals surface area contributed by atoms with Gasteiger partial charge in [0.15, 0.2) is 0 Å². The van der Waals surface area contributed by atoms with E-state index in [0.29, 0.717) is 11.3 Å². The van der Waals surface area contributed by atoms with Gasteiger partial charge in [-0.1, -0.05) is 17.7 Å². The molecule has 144 valence electrons. The number of carboxylic acids is 1. The third-order valence-corrected chi connectivity index (χ3v) is 5.83. The van der Waals surface area contributed by atoms with Crippen LogP contribution in [0.25, 0.3) is 0 Å². The van der Waals surface area contributed by atoms with Gasteiger partial charge in [-0.3, -0.25) is 13.9 Å². The summed E-state index contributed by atoms with van der Waals surface area (Å²) >= 11 is 0.